The molecule has 110 valence electrons. The topological polar surface area (TPSA) is 71.1 Å². The molecule has 1 aliphatic rings. The second kappa shape index (κ2) is 5.32. The van der Waals surface area contributed by atoms with Gasteiger partial charge in [0.05, 0.1) is 21.7 Å². The minimum Gasteiger partial charge on any atom is -0.335 e. The van der Waals surface area contributed by atoms with Crippen molar-refractivity contribution in [3.05, 3.63) is 35.8 Å². The summed E-state index contributed by atoms with van der Waals surface area (Å²) in [6.45, 7) is 0. The summed E-state index contributed by atoms with van der Waals surface area (Å²) < 4.78 is 36.5. The van der Waals surface area contributed by atoms with E-state index in [4.69, 9.17) is 12.2 Å². The first-order valence-corrected chi connectivity index (χ1v) is 8.99. The lowest BCUT2D eigenvalue weighted by molar-refractivity contribution is 0.602. The molecule has 2 heterocycles. The highest BCUT2D eigenvalue weighted by molar-refractivity contribution is 7.92. The van der Waals surface area contributed by atoms with Crippen LogP contribution in [0.4, 0.5) is 9.52 Å². The highest BCUT2D eigenvalue weighted by Crippen LogP contribution is 2.26. The van der Waals surface area contributed by atoms with Gasteiger partial charge in [-0.15, -0.1) is 0 Å². The highest BCUT2D eigenvalue weighted by Gasteiger charge is 2.20. The van der Waals surface area contributed by atoms with E-state index in [1.165, 1.54) is 23.5 Å². The van der Waals surface area contributed by atoms with Gasteiger partial charge in [-0.25, -0.2) is 17.8 Å². The smallest absolute Gasteiger partial charge is 0.190 e. The van der Waals surface area contributed by atoms with Gasteiger partial charge in [-0.1, -0.05) is 11.3 Å². The number of benzene rings is 1. The van der Waals surface area contributed by atoms with Crippen LogP contribution >= 0.6 is 23.6 Å². The molecule has 0 amide bonds. The number of nitrogens with one attached hydrogen (secondary N) is 2. The van der Waals surface area contributed by atoms with E-state index in [-0.39, 0.29) is 22.4 Å². The summed E-state index contributed by atoms with van der Waals surface area (Å²) in [4.78, 5) is 4.27. The molecule has 9 heteroatoms. The van der Waals surface area contributed by atoms with Gasteiger partial charge in [-0.05, 0) is 36.5 Å². The Morgan fingerprint density at radius 3 is 2.90 bits per heavy atom. The van der Waals surface area contributed by atoms with Crippen molar-refractivity contribution in [2.45, 2.75) is 0 Å². The molecule has 0 saturated heterocycles. The molecule has 2 N–H and O–H groups in total. The summed E-state index contributed by atoms with van der Waals surface area (Å²) in [6.07, 6.45) is 1.59. The average Bonchev–Trinajstić information content (AvgIpc) is 2.91. The second-order valence-corrected chi connectivity index (χ2v) is 8.04. The van der Waals surface area contributed by atoms with Crippen molar-refractivity contribution in [3.63, 3.8) is 0 Å². The summed E-state index contributed by atoms with van der Waals surface area (Å²) in [6, 6.07) is 4.34. The maximum atomic E-state index is 13.1. The van der Waals surface area contributed by atoms with E-state index in [1.807, 2.05) is 0 Å². The lowest BCUT2D eigenvalue weighted by atomic mass is 10.3. The third kappa shape index (κ3) is 3.36. The molecular weight excluding hydrogens is 333 g/mol. The zero-order chi connectivity index (χ0) is 15.0. The van der Waals surface area contributed by atoms with Crippen LogP contribution < -0.4 is 10.6 Å². The van der Waals surface area contributed by atoms with Crippen molar-refractivity contribution in [2.24, 2.45) is 0 Å². The molecule has 0 aliphatic carbocycles. The number of sulfone groups is 1. The van der Waals surface area contributed by atoms with Gasteiger partial charge < -0.3 is 10.6 Å². The van der Waals surface area contributed by atoms with Gasteiger partial charge in [0.25, 0.3) is 0 Å². The SMILES string of the molecule is O=S1(=O)CC=C(NC(=S)Nc2nc3ccc(F)cc3s2)C1. The summed E-state index contributed by atoms with van der Waals surface area (Å²) in [5.74, 6) is -0.335. The molecule has 1 aromatic heterocycles. The van der Waals surface area contributed by atoms with Crippen LogP contribution in [0.25, 0.3) is 10.2 Å². The minimum absolute atomic E-state index is 0.0262. The van der Waals surface area contributed by atoms with Crippen molar-refractivity contribution in [3.8, 4) is 0 Å². The van der Waals surface area contributed by atoms with E-state index in [0.717, 1.165) is 0 Å². The number of hydrogen-bond donors (Lipinski definition) is 2. The molecule has 5 nitrogen and oxygen atoms in total. The Bertz CT molecular complexity index is 858. The van der Waals surface area contributed by atoms with Crippen molar-refractivity contribution in [1.82, 2.24) is 10.3 Å². The number of halogens is 1. The van der Waals surface area contributed by atoms with Crippen molar-refractivity contribution < 1.29 is 12.8 Å². The Hall–Kier alpha value is -1.58. The first-order chi connectivity index (χ1) is 9.91. The number of anilines is 1. The molecule has 0 unspecified atom stereocenters. The van der Waals surface area contributed by atoms with Crippen LogP contribution in [-0.4, -0.2) is 30.0 Å². The molecular formula is C12H10FN3O2S3. The van der Waals surface area contributed by atoms with Gasteiger partial charge in [0.2, 0.25) is 0 Å². The Morgan fingerprint density at radius 2 is 2.19 bits per heavy atom. The fourth-order valence-electron chi connectivity index (χ4n) is 1.90. The second-order valence-electron chi connectivity index (χ2n) is 4.49. The van der Waals surface area contributed by atoms with Gasteiger partial charge in [0, 0.05) is 5.70 Å². The standard InChI is InChI=1S/C12H10FN3O2S3/c13-7-1-2-9-10(5-7)20-12(15-9)16-11(19)14-8-3-4-21(17,18)6-8/h1-3,5H,4,6H2,(H2,14,15,16,19). The minimum atomic E-state index is -3.04. The molecule has 21 heavy (non-hydrogen) atoms. The molecule has 0 spiro atoms. The Balaban J connectivity index is 1.69. The fraction of sp³-hybridized carbons (Fsp3) is 0.167. The molecule has 0 saturated carbocycles. The van der Waals surface area contributed by atoms with Crippen LogP contribution in [-0.2, 0) is 9.84 Å². The largest absolute Gasteiger partial charge is 0.335 e. The molecule has 2 aromatic rings. The lowest BCUT2D eigenvalue weighted by Gasteiger charge is -2.07. The summed E-state index contributed by atoms with van der Waals surface area (Å²) in [5, 5.41) is 6.49. The monoisotopic (exact) mass is 343 g/mol. The van der Waals surface area contributed by atoms with Crippen LogP contribution in [0, 0.1) is 5.82 Å². The molecule has 0 bridgehead atoms. The Morgan fingerprint density at radius 1 is 1.38 bits per heavy atom. The fourth-order valence-corrected chi connectivity index (χ4v) is 4.32. The number of rotatable bonds is 2. The third-order valence-corrected chi connectivity index (χ3v) is 5.37. The van der Waals surface area contributed by atoms with Crippen LogP contribution in [0.15, 0.2) is 30.0 Å². The zero-order valence-electron chi connectivity index (χ0n) is 10.6. The van der Waals surface area contributed by atoms with E-state index >= 15 is 0 Å². The molecule has 1 aliphatic heterocycles. The third-order valence-electron chi connectivity index (χ3n) is 2.80. The van der Waals surface area contributed by atoms with E-state index in [9.17, 15) is 12.8 Å². The number of aromatic nitrogens is 1. The van der Waals surface area contributed by atoms with Gasteiger partial charge >= 0.3 is 0 Å². The highest BCUT2D eigenvalue weighted by atomic mass is 32.2. The lowest BCUT2D eigenvalue weighted by Crippen LogP contribution is -2.28. The maximum absolute atomic E-state index is 13.1. The van der Waals surface area contributed by atoms with E-state index in [2.05, 4.69) is 15.6 Å². The van der Waals surface area contributed by atoms with Gasteiger partial charge in [0.15, 0.2) is 20.1 Å². The van der Waals surface area contributed by atoms with E-state index in [1.54, 1.807) is 12.1 Å². The van der Waals surface area contributed by atoms with Gasteiger partial charge in [0.1, 0.15) is 5.82 Å². The number of hydrogen-bond acceptors (Lipinski definition) is 5. The first kappa shape index (κ1) is 14.4. The van der Waals surface area contributed by atoms with Crippen LogP contribution in [0.1, 0.15) is 0 Å². The first-order valence-electron chi connectivity index (χ1n) is 5.95. The summed E-state index contributed by atoms with van der Waals surface area (Å²) in [7, 11) is -3.04. The van der Waals surface area contributed by atoms with E-state index in [0.29, 0.717) is 21.0 Å². The Labute approximate surface area is 129 Å². The molecule has 0 atom stereocenters. The van der Waals surface area contributed by atoms with Gasteiger partial charge in [-0.3, -0.25) is 0 Å². The van der Waals surface area contributed by atoms with Crippen molar-refractivity contribution in [2.75, 3.05) is 16.8 Å². The maximum Gasteiger partial charge on any atom is 0.190 e. The number of thiocarbonyl (C=S) groups is 1. The molecule has 3 rings (SSSR count). The predicted octanol–water partition coefficient (Wildman–Crippen LogP) is 2.03. The zero-order valence-corrected chi connectivity index (χ0v) is 13.0. The molecule has 1 aromatic carbocycles. The molecule has 0 radical (unpaired) electrons. The summed E-state index contributed by atoms with van der Waals surface area (Å²) in [5.41, 5.74) is 1.23. The van der Waals surface area contributed by atoms with Crippen LogP contribution in [0.5, 0.6) is 0 Å². The van der Waals surface area contributed by atoms with E-state index < -0.39 is 9.84 Å². The number of thiazole rings is 1. The van der Waals surface area contributed by atoms with Crippen molar-refractivity contribution >= 4 is 53.9 Å². The predicted molar refractivity (Wildman–Crippen MR) is 85.7 cm³/mol. The normalized spacial score (nSPS) is 16.7. The number of fused-ring (bicyclic) bond motifs is 1. The van der Waals surface area contributed by atoms with Crippen LogP contribution in [0.3, 0.4) is 0 Å². The van der Waals surface area contributed by atoms with Crippen molar-refractivity contribution in [1.29, 1.82) is 0 Å². The average molecular weight is 343 g/mol. The van der Waals surface area contributed by atoms with Gasteiger partial charge in [-0.2, -0.15) is 0 Å². The summed E-state index contributed by atoms with van der Waals surface area (Å²) >= 11 is 6.38. The molecule has 0 fully saturated rings. The number of nitrogens with zero attached hydrogens (tertiary/aromatic N) is 1. The van der Waals surface area contributed by atoms with Crippen LogP contribution in [0.2, 0.25) is 0 Å². The Kier molecular flexibility index (Phi) is 3.64. The quantitative estimate of drug-likeness (QED) is 0.813.